The van der Waals surface area contributed by atoms with Gasteiger partial charge in [0.2, 0.25) is 5.89 Å². The molecule has 4 heterocycles. The lowest BCUT2D eigenvalue weighted by molar-refractivity contribution is 0.116. The maximum absolute atomic E-state index is 13.6. The molecule has 0 unspecified atom stereocenters. The molecule has 0 atom stereocenters. The second-order valence-corrected chi connectivity index (χ2v) is 9.51. The van der Waals surface area contributed by atoms with Crippen LogP contribution in [0.4, 0.5) is 25.0 Å². The number of nitrogens with zero attached hydrogens (tertiary/aromatic N) is 7. The summed E-state index contributed by atoms with van der Waals surface area (Å²) in [6, 6.07) is 11.5. The average Bonchev–Trinajstić information content (AvgIpc) is 3.44. The summed E-state index contributed by atoms with van der Waals surface area (Å²) >= 11 is 0. The number of likely N-dealkylation sites (tertiary alicyclic amines) is 1. The molecule has 2 aliphatic heterocycles. The monoisotopic (exact) mass is 511 g/mol. The molecule has 0 saturated carbocycles. The van der Waals surface area contributed by atoms with Gasteiger partial charge in [-0.15, -0.1) is 10.2 Å². The van der Waals surface area contributed by atoms with E-state index in [1.54, 1.807) is 17.0 Å². The maximum Gasteiger partial charge on any atom is 0.324 e. The molecule has 2 aliphatic rings. The fourth-order valence-electron chi connectivity index (χ4n) is 4.68. The third-order valence-corrected chi connectivity index (χ3v) is 6.91. The predicted octanol–water partition coefficient (Wildman–Crippen LogP) is 4.43. The van der Waals surface area contributed by atoms with E-state index in [0.717, 1.165) is 69.9 Å². The number of piperidine rings is 1. The zero-order valence-corrected chi connectivity index (χ0v) is 20.9. The predicted molar refractivity (Wildman–Crippen MR) is 136 cm³/mol. The summed E-state index contributed by atoms with van der Waals surface area (Å²) in [5.41, 5.74) is 3.05. The van der Waals surface area contributed by atoms with Gasteiger partial charge in [0.15, 0.2) is 0 Å². The first kappa shape index (κ1) is 25.1. The average molecular weight is 512 g/mol. The van der Waals surface area contributed by atoms with Crippen molar-refractivity contribution in [3.8, 4) is 11.5 Å². The second kappa shape index (κ2) is 11.2. The molecule has 0 bridgehead atoms. The van der Waals surface area contributed by atoms with E-state index in [1.807, 2.05) is 17.0 Å². The van der Waals surface area contributed by atoms with E-state index in [9.17, 15) is 13.6 Å². The van der Waals surface area contributed by atoms with Gasteiger partial charge < -0.3 is 19.1 Å². The van der Waals surface area contributed by atoms with E-state index in [2.05, 4.69) is 44.2 Å². The zero-order chi connectivity index (χ0) is 25.8. The smallest absolute Gasteiger partial charge is 0.324 e. The summed E-state index contributed by atoms with van der Waals surface area (Å²) in [6.45, 7) is 5.75. The van der Waals surface area contributed by atoms with Gasteiger partial charge >= 0.3 is 12.5 Å². The number of aromatic nitrogens is 3. The van der Waals surface area contributed by atoms with Gasteiger partial charge in [0.25, 0.3) is 5.89 Å². The van der Waals surface area contributed by atoms with Crippen LogP contribution in [0.3, 0.4) is 0 Å². The van der Waals surface area contributed by atoms with Gasteiger partial charge in [0.1, 0.15) is 0 Å². The van der Waals surface area contributed by atoms with Crippen molar-refractivity contribution < 1.29 is 18.0 Å². The molecule has 37 heavy (non-hydrogen) atoms. The molecule has 0 N–H and O–H groups in total. The van der Waals surface area contributed by atoms with Crippen LogP contribution in [0.5, 0.6) is 0 Å². The molecule has 2 saturated heterocycles. The first-order valence-corrected chi connectivity index (χ1v) is 12.6. The van der Waals surface area contributed by atoms with Crippen molar-refractivity contribution in [1.82, 2.24) is 25.0 Å². The van der Waals surface area contributed by atoms with Crippen LogP contribution >= 0.6 is 0 Å². The number of piperazine rings is 1. The number of likely N-dealkylation sites (N-methyl/N-ethyl adjacent to an activating group) is 1. The third kappa shape index (κ3) is 5.87. The lowest BCUT2D eigenvalue weighted by atomic mass is 10.1. The highest BCUT2D eigenvalue weighted by molar-refractivity contribution is 5.92. The minimum atomic E-state index is -2.83. The van der Waals surface area contributed by atoms with Gasteiger partial charge in [-0.3, -0.25) is 9.88 Å². The van der Waals surface area contributed by atoms with Gasteiger partial charge in [-0.25, -0.2) is 4.79 Å². The third-order valence-electron chi connectivity index (χ3n) is 6.91. The molecule has 196 valence electrons. The Bertz CT molecular complexity index is 1170. The Morgan fingerprint density at radius 2 is 1.70 bits per heavy atom. The number of carbonyl (C=O) groups is 1. The summed E-state index contributed by atoms with van der Waals surface area (Å²) in [5, 5.41) is 7.03. The molecule has 5 rings (SSSR count). The van der Waals surface area contributed by atoms with Crippen LogP contribution in [0.2, 0.25) is 0 Å². The topological polar surface area (TPSA) is 81.8 Å². The van der Waals surface area contributed by atoms with E-state index >= 15 is 0 Å². The number of pyridine rings is 1. The number of rotatable bonds is 6. The second-order valence-electron chi connectivity index (χ2n) is 9.51. The van der Waals surface area contributed by atoms with Crippen molar-refractivity contribution in [2.75, 3.05) is 56.1 Å². The van der Waals surface area contributed by atoms with Crippen molar-refractivity contribution in [3.05, 3.63) is 54.2 Å². The number of alkyl halides is 2. The fraction of sp³-hybridized carbons (Fsp3) is 0.462. The van der Waals surface area contributed by atoms with Gasteiger partial charge in [-0.1, -0.05) is 0 Å². The minimum absolute atomic E-state index is 0.0184. The Morgan fingerprint density at radius 3 is 2.32 bits per heavy atom. The van der Waals surface area contributed by atoms with Crippen LogP contribution in [-0.2, 0) is 6.54 Å². The fourth-order valence-corrected chi connectivity index (χ4v) is 4.68. The van der Waals surface area contributed by atoms with Crippen LogP contribution < -0.4 is 9.80 Å². The van der Waals surface area contributed by atoms with Crippen LogP contribution in [0.25, 0.3) is 11.5 Å². The van der Waals surface area contributed by atoms with Gasteiger partial charge in [0, 0.05) is 56.8 Å². The van der Waals surface area contributed by atoms with Crippen molar-refractivity contribution in [2.24, 2.45) is 0 Å². The molecule has 0 spiro atoms. The highest BCUT2D eigenvalue weighted by Crippen LogP contribution is 2.26. The molecule has 0 aliphatic carbocycles. The Morgan fingerprint density at radius 1 is 0.973 bits per heavy atom. The lowest BCUT2D eigenvalue weighted by Gasteiger charge is -2.35. The number of halogens is 2. The van der Waals surface area contributed by atoms with Crippen molar-refractivity contribution in [3.63, 3.8) is 0 Å². The van der Waals surface area contributed by atoms with E-state index in [-0.39, 0.29) is 18.5 Å². The van der Waals surface area contributed by atoms with Crippen molar-refractivity contribution in [2.45, 2.75) is 32.2 Å². The van der Waals surface area contributed by atoms with Crippen LogP contribution in [0.1, 0.15) is 37.3 Å². The molecule has 2 aromatic heterocycles. The first-order valence-electron chi connectivity index (χ1n) is 12.6. The van der Waals surface area contributed by atoms with Crippen LogP contribution in [0, 0.1) is 0 Å². The number of amides is 2. The van der Waals surface area contributed by atoms with E-state index in [1.165, 1.54) is 6.20 Å². The molecule has 0 radical (unpaired) electrons. The van der Waals surface area contributed by atoms with Crippen molar-refractivity contribution >= 4 is 17.4 Å². The molecular weight excluding hydrogens is 480 g/mol. The van der Waals surface area contributed by atoms with Crippen molar-refractivity contribution in [1.29, 1.82) is 0 Å². The van der Waals surface area contributed by atoms with Gasteiger partial charge in [-0.2, -0.15) is 8.78 Å². The van der Waals surface area contributed by atoms with Crippen LogP contribution in [0.15, 0.2) is 47.0 Å². The highest BCUT2D eigenvalue weighted by atomic mass is 19.3. The van der Waals surface area contributed by atoms with Crippen LogP contribution in [-0.4, -0.2) is 77.3 Å². The van der Waals surface area contributed by atoms with Gasteiger partial charge in [-0.05, 0) is 62.7 Å². The first-order chi connectivity index (χ1) is 18.0. The Labute approximate surface area is 214 Å². The summed E-state index contributed by atoms with van der Waals surface area (Å²) in [7, 11) is 2.13. The molecule has 2 amide bonds. The zero-order valence-electron chi connectivity index (χ0n) is 20.9. The summed E-state index contributed by atoms with van der Waals surface area (Å²) in [5.74, 6) is -0.743. The number of hydrogen-bond donors (Lipinski definition) is 0. The maximum atomic E-state index is 13.6. The molecule has 1 aromatic carbocycles. The molecule has 2 fully saturated rings. The molecule has 11 heteroatoms. The molecule has 9 nitrogen and oxygen atoms in total. The Kier molecular flexibility index (Phi) is 7.59. The number of urea groups is 1. The number of carbonyl (C=O) groups excluding carboxylic acids is 1. The van der Waals surface area contributed by atoms with E-state index in [4.69, 9.17) is 4.42 Å². The number of benzene rings is 1. The van der Waals surface area contributed by atoms with Gasteiger partial charge in [0.05, 0.1) is 17.8 Å². The summed E-state index contributed by atoms with van der Waals surface area (Å²) < 4.78 is 30.6. The highest BCUT2D eigenvalue weighted by Gasteiger charge is 2.25. The summed E-state index contributed by atoms with van der Waals surface area (Å²) in [6.07, 6.45) is 1.80. The minimum Gasteiger partial charge on any atom is -0.415 e. The van der Waals surface area contributed by atoms with E-state index in [0.29, 0.717) is 11.3 Å². The molecular formula is C26H31F2N7O2. The number of hydrogen-bond acceptors (Lipinski definition) is 7. The van der Waals surface area contributed by atoms with E-state index < -0.39 is 12.3 Å². The molecule has 3 aromatic rings. The normalized spacial score (nSPS) is 16.9. The largest absolute Gasteiger partial charge is 0.415 e. The quantitative estimate of drug-likeness (QED) is 0.484. The number of anilines is 2. The Balaban J connectivity index is 1.35. The Hall–Kier alpha value is -3.60. The lowest BCUT2D eigenvalue weighted by Crippen LogP contribution is -2.45. The SMILES string of the molecule is CN1CCN(c2ccc(N(Cc3ccc(-c4nnc(C(F)F)o4)cn3)C(=O)N3CCCCC3)cc2)CC1. The summed E-state index contributed by atoms with van der Waals surface area (Å²) in [4.78, 5) is 26.4. The standard InChI is InChI=1S/C26H31F2N7O2/c1-32-13-15-33(16-14-32)21-7-9-22(10-8-21)35(26(36)34-11-3-2-4-12-34)18-20-6-5-19(17-29-20)24-30-31-25(37-24)23(27)28/h5-10,17,23H,2-4,11-16,18H2,1H3.